The van der Waals surface area contributed by atoms with E-state index in [4.69, 9.17) is 4.98 Å². The average molecular weight is 515 g/mol. The predicted molar refractivity (Wildman–Crippen MR) is 151 cm³/mol. The number of nitrogens with zero attached hydrogens (tertiary/aromatic N) is 4. The van der Waals surface area contributed by atoms with Crippen LogP contribution in [0.25, 0.3) is 22.2 Å². The molecule has 0 bridgehead atoms. The maximum absolute atomic E-state index is 14.0. The molecule has 198 valence electrons. The van der Waals surface area contributed by atoms with Crippen LogP contribution in [0.15, 0.2) is 53.6 Å². The molecule has 0 unspecified atom stereocenters. The molecule has 5 rings (SSSR count). The summed E-state index contributed by atoms with van der Waals surface area (Å²) in [6.07, 6.45) is 13.2. The lowest BCUT2D eigenvalue weighted by molar-refractivity contribution is 0.628. The van der Waals surface area contributed by atoms with Gasteiger partial charge in [0.2, 0.25) is 5.95 Å². The second-order valence-electron chi connectivity index (χ2n) is 10.0. The van der Waals surface area contributed by atoms with Crippen LogP contribution in [0.4, 0.5) is 16.0 Å². The van der Waals surface area contributed by atoms with Crippen molar-refractivity contribution in [2.24, 2.45) is 7.05 Å². The van der Waals surface area contributed by atoms with E-state index in [1.807, 2.05) is 12.1 Å². The average Bonchev–Trinajstić information content (AvgIpc) is 2.94. The predicted octanol–water partition coefficient (Wildman–Crippen LogP) is 5.88. The number of rotatable bonds is 11. The van der Waals surface area contributed by atoms with Crippen molar-refractivity contribution in [1.82, 2.24) is 19.5 Å². The number of benzene rings is 1. The van der Waals surface area contributed by atoms with E-state index in [0.29, 0.717) is 11.6 Å². The number of nitrogens with one attached hydrogen (secondary N) is 2. The highest BCUT2D eigenvalue weighted by Gasteiger charge is 2.18. The minimum atomic E-state index is -0.217. The van der Waals surface area contributed by atoms with Gasteiger partial charge in [-0.1, -0.05) is 19.3 Å². The number of hydrogen-bond acceptors (Lipinski definition) is 6. The molecule has 0 atom stereocenters. The third-order valence-electron chi connectivity index (χ3n) is 7.27. The van der Waals surface area contributed by atoms with Gasteiger partial charge in [-0.3, -0.25) is 19.3 Å². The van der Waals surface area contributed by atoms with E-state index < -0.39 is 0 Å². The molecule has 3 heterocycles. The van der Waals surface area contributed by atoms with E-state index in [2.05, 4.69) is 20.6 Å². The molecule has 4 aromatic rings. The minimum absolute atomic E-state index is 0.0900. The van der Waals surface area contributed by atoms with Crippen molar-refractivity contribution in [3.63, 3.8) is 0 Å². The van der Waals surface area contributed by atoms with Gasteiger partial charge in [0.05, 0.1) is 11.2 Å². The lowest BCUT2D eigenvalue weighted by Gasteiger charge is -2.21. The van der Waals surface area contributed by atoms with Crippen LogP contribution in [-0.2, 0) is 19.9 Å². The van der Waals surface area contributed by atoms with Crippen LogP contribution in [-0.4, -0.2) is 32.6 Å². The van der Waals surface area contributed by atoms with E-state index in [9.17, 15) is 9.18 Å². The molecule has 8 heteroatoms. The molecular weight excluding hydrogens is 479 g/mol. The van der Waals surface area contributed by atoms with E-state index in [1.54, 1.807) is 42.2 Å². The molecule has 0 aliphatic heterocycles. The fourth-order valence-electron chi connectivity index (χ4n) is 5.16. The number of aromatic nitrogens is 4. The summed E-state index contributed by atoms with van der Waals surface area (Å²) < 4.78 is 15.5. The van der Waals surface area contributed by atoms with Gasteiger partial charge in [-0.15, -0.1) is 0 Å². The number of fused-ring (bicyclic) bond motifs is 2. The minimum Gasteiger partial charge on any atom is -0.384 e. The molecule has 0 radical (unpaired) electrons. The highest BCUT2D eigenvalue weighted by atomic mass is 19.1. The Morgan fingerprint density at radius 1 is 0.895 bits per heavy atom. The second-order valence-corrected chi connectivity index (χ2v) is 10.0. The molecule has 0 saturated heterocycles. The van der Waals surface area contributed by atoms with Crippen molar-refractivity contribution in [2.75, 3.05) is 23.7 Å². The topological polar surface area (TPSA) is 84.7 Å². The zero-order chi connectivity index (χ0) is 26.3. The first-order valence-corrected chi connectivity index (χ1v) is 13.7. The largest absolute Gasteiger partial charge is 0.384 e. The Labute approximate surface area is 222 Å². The van der Waals surface area contributed by atoms with Crippen molar-refractivity contribution >= 4 is 22.5 Å². The third-order valence-corrected chi connectivity index (χ3v) is 7.27. The van der Waals surface area contributed by atoms with E-state index >= 15 is 0 Å². The van der Waals surface area contributed by atoms with Crippen molar-refractivity contribution in [1.29, 1.82) is 0 Å². The Morgan fingerprint density at radius 3 is 2.45 bits per heavy atom. The quantitative estimate of drug-likeness (QED) is 0.243. The van der Waals surface area contributed by atoms with E-state index in [1.165, 1.54) is 23.7 Å². The highest BCUT2D eigenvalue weighted by molar-refractivity contribution is 5.93. The van der Waals surface area contributed by atoms with Gasteiger partial charge in [0.25, 0.3) is 5.56 Å². The summed E-state index contributed by atoms with van der Waals surface area (Å²) in [7, 11) is 1.73. The fourth-order valence-corrected chi connectivity index (χ4v) is 5.16. The molecule has 3 aromatic heterocycles. The molecular formula is C30H35FN6O. The van der Waals surface area contributed by atoms with Crippen molar-refractivity contribution in [2.45, 2.75) is 57.8 Å². The van der Waals surface area contributed by atoms with Gasteiger partial charge in [0, 0.05) is 60.9 Å². The Kier molecular flexibility index (Phi) is 8.26. The van der Waals surface area contributed by atoms with Crippen molar-refractivity contribution < 1.29 is 4.39 Å². The first kappa shape index (κ1) is 25.8. The number of aryl methyl sites for hydroxylation is 1. The maximum atomic E-state index is 14.0. The zero-order valence-electron chi connectivity index (χ0n) is 22.0. The summed E-state index contributed by atoms with van der Waals surface area (Å²) in [5.74, 6) is 0.365. The van der Waals surface area contributed by atoms with Gasteiger partial charge in [-0.25, -0.2) is 9.37 Å². The third kappa shape index (κ3) is 6.01. The highest BCUT2D eigenvalue weighted by Crippen LogP contribution is 2.33. The number of unbranched alkanes of at least 4 members (excludes halogenated alkanes) is 4. The van der Waals surface area contributed by atoms with Crippen LogP contribution in [0.3, 0.4) is 0 Å². The van der Waals surface area contributed by atoms with Gasteiger partial charge in [0.15, 0.2) is 0 Å². The monoisotopic (exact) mass is 514 g/mol. The van der Waals surface area contributed by atoms with Crippen LogP contribution in [0, 0.1) is 5.82 Å². The maximum Gasteiger partial charge on any atom is 0.255 e. The standard InChI is InChI=1S/C30H35FN6O/c1-37-28(38)20-27(21-13-17-32-18-14-21)36-30(37)34-16-8-4-2-3-7-15-33-29-23-9-5-6-10-25(23)35-26-12-11-22(31)19-24(26)29/h11-14,17-20H,2-10,15-16H2,1H3,(H,33,35)(H,34,36). The van der Waals surface area contributed by atoms with Crippen LogP contribution in [0.1, 0.15) is 56.2 Å². The Hall–Kier alpha value is -3.81. The molecule has 1 aliphatic rings. The van der Waals surface area contributed by atoms with Crippen LogP contribution < -0.4 is 16.2 Å². The van der Waals surface area contributed by atoms with E-state index in [0.717, 1.165) is 86.6 Å². The van der Waals surface area contributed by atoms with Crippen molar-refractivity contribution in [3.05, 3.63) is 76.2 Å². The summed E-state index contributed by atoms with van der Waals surface area (Å²) in [4.78, 5) is 25.9. The molecule has 0 fully saturated rings. The summed E-state index contributed by atoms with van der Waals surface area (Å²) in [6, 6.07) is 10.2. The molecule has 0 spiro atoms. The normalized spacial score (nSPS) is 12.9. The first-order chi connectivity index (χ1) is 18.6. The van der Waals surface area contributed by atoms with Gasteiger partial charge >= 0.3 is 0 Å². The van der Waals surface area contributed by atoms with Gasteiger partial charge in [-0.05, 0) is 74.4 Å². The van der Waals surface area contributed by atoms with Crippen molar-refractivity contribution in [3.8, 4) is 11.3 Å². The molecule has 1 aromatic carbocycles. The van der Waals surface area contributed by atoms with Crippen LogP contribution in [0.2, 0.25) is 0 Å². The molecule has 38 heavy (non-hydrogen) atoms. The van der Waals surface area contributed by atoms with Crippen LogP contribution >= 0.6 is 0 Å². The number of pyridine rings is 2. The Bertz CT molecular complexity index is 1450. The van der Waals surface area contributed by atoms with E-state index in [-0.39, 0.29) is 11.4 Å². The molecule has 0 saturated carbocycles. The van der Waals surface area contributed by atoms with Gasteiger partial charge in [-0.2, -0.15) is 0 Å². The molecule has 0 amide bonds. The molecule has 1 aliphatic carbocycles. The zero-order valence-corrected chi connectivity index (χ0v) is 22.0. The first-order valence-electron chi connectivity index (χ1n) is 13.7. The van der Waals surface area contributed by atoms with Gasteiger partial charge < -0.3 is 10.6 Å². The fraction of sp³-hybridized carbons (Fsp3) is 0.400. The smallest absolute Gasteiger partial charge is 0.255 e. The number of hydrogen-bond donors (Lipinski definition) is 2. The second kappa shape index (κ2) is 12.2. The molecule has 2 N–H and O–H groups in total. The summed E-state index contributed by atoms with van der Waals surface area (Å²) in [5, 5.41) is 7.85. The summed E-state index contributed by atoms with van der Waals surface area (Å²) in [5.41, 5.74) is 5.84. The Morgan fingerprint density at radius 2 is 1.63 bits per heavy atom. The lowest BCUT2D eigenvalue weighted by atomic mass is 9.92. The summed E-state index contributed by atoms with van der Waals surface area (Å²) in [6.45, 7) is 1.63. The lowest BCUT2D eigenvalue weighted by Crippen LogP contribution is -2.22. The molecule has 7 nitrogen and oxygen atoms in total. The number of anilines is 2. The SMILES string of the molecule is Cn1c(NCCCCCCCNc2c3c(nc4ccc(F)cc24)CCCC3)nc(-c2ccncc2)cc1=O. The summed E-state index contributed by atoms with van der Waals surface area (Å²) >= 11 is 0. The van der Waals surface area contributed by atoms with Gasteiger partial charge in [0.1, 0.15) is 5.82 Å². The number of halogens is 1. The van der Waals surface area contributed by atoms with Crippen LogP contribution in [0.5, 0.6) is 0 Å². The Balaban J connectivity index is 1.08.